The van der Waals surface area contributed by atoms with Crippen molar-refractivity contribution in [1.82, 2.24) is 10.2 Å². The van der Waals surface area contributed by atoms with E-state index in [-0.39, 0.29) is 29.1 Å². The summed E-state index contributed by atoms with van der Waals surface area (Å²) in [5.74, 6) is 0.791. The van der Waals surface area contributed by atoms with Crippen molar-refractivity contribution < 1.29 is 9.59 Å². The molecule has 1 aromatic carbocycles. The fraction of sp³-hybridized carbons (Fsp3) is 0.600. The Morgan fingerprint density at radius 2 is 1.80 bits per heavy atom. The molecule has 5 nitrogen and oxygen atoms in total. The Balaban J connectivity index is 1.56. The normalized spacial score (nSPS) is 21.7. The Morgan fingerprint density at radius 3 is 2.40 bits per heavy atom. The first-order valence-corrected chi connectivity index (χ1v) is 11.2. The van der Waals surface area contributed by atoms with Crippen molar-refractivity contribution in [2.24, 2.45) is 11.8 Å². The molecule has 0 radical (unpaired) electrons. The van der Waals surface area contributed by atoms with Gasteiger partial charge < -0.3 is 10.2 Å². The predicted molar refractivity (Wildman–Crippen MR) is 123 cm³/mol. The maximum absolute atomic E-state index is 12.9. The van der Waals surface area contributed by atoms with Crippen molar-refractivity contribution in [1.29, 1.82) is 0 Å². The Labute approximate surface area is 181 Å². The van der Waals surface area contributed by atoms with Gasteiger partial charge in [-0.25, -0.2) is 0 Å². The van der Waals surface area contributed by atoms with Gasteiger partial charge in [0.25, 0.3) is 0 Å². The Hall–Kier alpha value is -2.14. The van der Waals surface area contributed by atoms with Crippen LogP contribution < -0.4 is 10.2 Å². The number of carbonyl (C=O) groups is 2. The first-order chi connectivity index (χ1) is 14.1. The summed E-state index contributed by atoms with van der Waals surface area (Å²) >= 11 is 0. The Kier molecular flexibility index (Phi) is 6.71. The van der Waals surface area contributed by atoms with E-state index in [1.165, 1.54) is 11.3 Å². The second-order valence-electron chi connectivity index (χ2n) is 9.79. The Bertz CT molecular complexity index is 819. The van der Waals surface area contributed by atoms with E-state index in [1.807, 2.05) is 19.2 Å². The van der Waals surface area contributed by atoms with Crippen LogP contribution in [0.5, 0.6) is 0 Å². The van der Waals surface area contributed by atoms with Gasteiger partial charge >= 0.3 is 0 Å². The van der Waals surface area contributed by atoms with Gasteiger partial charge in [-0.15, -0.1) is 0 Å². The highest BCUT2D eigenvalue weighted by Crippen LogP contribution is 2.46. The summed E-state index contributed by atoms with van der Waals surface area (Å²) in [5.41, 5.74) is 3.29. The SMILES string of the molecule is CC(C)C(C)NC(=O)C1CCN(CC(=O)/C=C2/N(C)c3ccccc3C2(C)C)CC1. The molecule has 0 bridgehead atoms. The molecule has 1 unspecified atom stereocenters. The molecule has 30 heavy (non-hydrogen) atoms. The maximum atomic E-state index is 12.9. The van der Waals surface area contributed by atoms with E-state index in [0.29, 0.717) is 12.5 Å². The molecular formula is C25H37N3O2. The molecule has 5 heteroatoms. The number of allylic oxidation sites excluding steroid dienone is 1. The average molecular weight is 412 g/mol. The van der Waals surface area contributed by atoms with Gasteiger partial charge in [-0.3, -0.25) is 14.5 Å². The van der Waals surface area contributed by atoms with E-state index in [9.17, 15) is 9.59 Å². The van der Waals surface area contributed by atoms with E-state index in [0.717, 1.165) is 31.6 Å². The lowest BCUT2D eigenvalue weighted by Crippen LogP contribution is -2.45. The van der Waals surface area contributed by atoms with Gasteiger partial charge in [0.05, 0.1) is 6.54 Å². The summed E-state index contributed by atoms with van der Waals surface area (Å²) in [6.45, 7) is 12.7. The number of hydrogen-bond donors (Lipinski definition) is 1. The number of likely N-dealkylation sites (N-methyl/N-ethyl adjacent to an activating group) is 1. The molecule has 164 valence electrons. The zero-order chi connectivity index (χ0) is 22.1. The van der Waals surface area contributed by atoms with Crippen LogP contribution in [0, 0.1) is 11.8 Å². The molecule has 2 aliphatic heterocycles. The summed E-state index contributed by atoms with van der Waals surface area (Å²) in [5, 5.41) is 3.14. The third-order valence-electron chi connectivity index (χ3n) is 6.95. The predicted octanol–water partition coefficient (Wildman–Crippen LogP) is 3.74. The van der Waals surface area contributed by atoms with Crippen LogP contribution in [0.15, 0.2) is 36.0 Å². The lowest BCUT2D eigenvalue weighted by molar-refractivity contribution is -0.127. The van der Waals surface area contributed by atoms with Gasteiger partial charge in [-0.1, -0.05) is 45.9 Å². The number of carbonyl (C=O) groups excluding carboxylic acids is 2. The number of hydrogen-bond acceptors (Lipinski definition) is 4. The van der Waals surface area contributed by atoms with Crippen molar-refractivity contribution in [3.05, 3.63) is 41.6 Å². The average Bonchev–Trinajstić information content (AvgIpc) is 2.89. The number of rotatable bonds is 6. The second-order valence-corrected chi connectivity index (χ2v) is 9.79. The zero-order valence-corrected chi connectivity index (χ0v) is 19.4. The van der Waals surface area contributed by atoms with Crippen LogP contribution in [0.25, 0.3) is 0 Å². The van der Waals surface area contributed by atoms with Crippen LogP contribution in [0.3, 0.4) is 0 Å². The second kappa shape index (κ2) is 8.93. The smallest absolute Gasteiger partial charge is 0.223 e. The first kappa shape index (κ1) is 22.5. The molecular weight excluding hydrogens is 374 g/mol. The molecule has 0 aromatic heterocycles. The molecule has 0 saturated carbocycles. The number of para-hydroxylation sites is 1. The highest BCUT2D eigenvalue weighted by molar-refractivity contribution is 5.94. The van der Waals surface area contributed by atoms with Gasteiger partial charge in [-0.2, -0.15) is 0 Å². The quantitative estimate of drug-likeness (QED) is 0.725. The molecule has 0 spiro atoms. The maximum Gasteiger partial charge on any atom is 0.223 e. The lowest BCUT2D eigenvalue weighted by atomic mass is 9.83. The van der Waals surface area contributed by atoms with E-state index in [1.54, 1.807) is 0 Å². The number of likely N-dealkylation sites (tertiary alicyclic amines) is 1. The van der Waals surface area contributed by atoms with Crippen molar-refractivity contribution in [2.75, 3.05) is 31.6 Å². The van der Waals surface area contributed by atoms with Crippen molar-refractivity contribution in [3.63, 3.8) is 0 Å². The minimum atomic E-state index is -0.181. The minimum absolute atomic E-state index is 0.0605. The van der Waals surface area contributed by atoms with Crippen LogP contribution in [0.1, 0.15) is 53.0 Å². The molecule has 3 rings (SSSR count). The summed E-state index contributed by atoms with van der Waals surface area (Å²) in [7, 11) is 2.04. The molecule has 0 aliphatic carbocycles. The van der Waals surface area contributed by atoms with Gasteiger partial charge in [0, 0.05) is 41.9 Å². The lowest BCUT2D eigenvalue weighted by Gasteiger charge is -2.32. The standard InChI is InChI=1S/C25H37N3O2/c1-17(2)18(3)26-24(30)19-11-13-28(14-12-19)16-20(29)15-23-25(4,5)21-9-7-8-10-22(21)27(23)6/h7-10,15,17-19H,11-14,16H2,1-6H3,(H,26,30)/b23-15+. The largest absolute Gasteiger partial charge is 0.353 e. The van der Waals surface area contributed by atoms with Crippen LogP contribution in [-0.4, -0.2) is 49.3 Å². The number of nitrogens with zero attached hydrogens (tertiary/aromatic N) is 2. The first-order valence-electron chi connectivity index (χ1n) is 11.2. The fourth-order valence-corrected chi connectivity index (χ4v) is 4.54. The zero-order valence-electron chi connectivity index (χ0n) is 19.4. The third-order valence-corrected chi connectivity index (χ3v) is 6.95. The molecule has 1 amide bonds. The number of fused-ring (bicyclic) bond motifs is 1. The highest BCUT2D eigenvalue weighted by atomic mass is 16.2. The number of ketones is 1. The third kappa shape index (κ3) is 4.61. The number of nitrogens with one attached hydrogen (secondary N) is 1. The highest BCUT2D eigenvalue weighted by Gasteiger charge is 2.38. The van der Waals surface area contributed by atoms with Crippen LogP contribution in [-0.2, 0) is 15.0 Å². The van der Waals surface area contributed by atoms with Gasteiger partial charge in [-0.05, 0) is 50.4 Å². The molecule has 1 saturated heterocycles. The van der Waals surface area contributed by atoms with Gasteiger partial charge in [0.2, 0.25) is 5.91 Å². The number of anilines is 1. The van der Waals surface area contributed by atoms with E-state index < -0.39 is 0 Å². The van der Waals surface area contributed by atoms with Crippen molar-refractivity contribution in [3.8, 4) is 0 Å². The van der Waals surface area contributed by atoms with E-state index >= 15 is 0 Å². The van der Waals surface area contributed by atoms with Crippen molar-refractivity contribution >= 4 is 17.4 Å². The molecule has 1 N–H and O–H groups in total. The molecule has 2 heterocycles. The van der Waals surface area contributed by atoms with Crippen LogP contribution in [0.4, 0.5) is 5.69 Å². The molecule has 2 aliphatic rings. The van der Waals surface area contributed by atoms with Crippen LogP contribution in [0.2, 0.25) is 0 Å². The minimum Gasteiger partial charge on any atom is -0.353 e. The summed E-state index contributed by atoms with van der Waals surface area (Å²) in [6.07, 6.45) is 3.46. The monoisotopic (exact) mass is 411 g/mol. The number of piperidine rings is 1. The van der Waals surface area contributed by atoms with E-state index in [2.05, 4.69) is 67.9 Å². The summed E-state index contributed by atoms with van der Waals surface area (Å²) in [4.78, 5) is 29.7. The van der Waals surface area contributed by atoms with Gasteiger partial charge in [0.1, 0.15) is 0 Å². The van der Waals surface area contributed by atoms with Crippen molar-refractivity contribution in [2.45, 2.75) is 58.9 Å². The molecule has 1 fully saturated rings. The number of amides is 1. The topological polar surface area (TPSA) is 52.7 Å². The van der Waals surface area contributed by atoms with Crippen LogP contribution >= 0.6 is 0 Å². The van der Waals surface area contributed by atoms with Gasteiger partial charge in [0.15, 0.2) is 5.78 Å². The molecule has 1 aromatic rings. The summed E-state index contributed by atoms with van der Waals surface area (Å²) in [6, 6.07) is 8.55. The van der Waals surface area contributed by atoms with E-state index in [4.69, 9.17) is 0 Å². The summed E-state index contributed by atoms with van der Waals surface area (Å²) < 4.78 is 0. The Morgan fingerprint density at radius 1 is 1.17 bits per heavy atom. The molecule has 1 atom stereocenters. The number of benzene rings is 1. The fourth-order valence-electron chi connectivity index (χ4n) is 4.54.